The van der Waals surface area contributed by atoms with Gasteiger partial charge < -0.3 is 14.6 Å². The van der Waals surface area contributed by atoms with E-state index in [1.54, 1.807) is 34.3 Å². The van der Waals surface area contributed by atoms with Crippen LogP contribution in [0.2, 0.25) is 0 Å². The van der Waals surface area contributed by atoms with E-state index < -0.39 is 0 Å². The fraction of sp³-hybridized carbons (Fsp3) is 0.683. The Morgan fingerprint density at radius 2 is 1.42 bits per heavy atom. The van der Waals surface area contributed by atoms with Gasteiger partial charge in [0.05, 0.1) is 5.51 Å². The maximum absolute atomic E-state index is 11.2. The third-order valence-electron chi connectivity index (χ3n) is 7.11. The monoisotopic (exact) mass is 863 g/mol. The number of thiazole rings is 1. The molecule has 2 N–H and O–H groups in total. The summed E-state index contributed by atoms with van der Waals surface area (Å²) in [5.41, 5.74) is 2.59. The number of amides is 4. The van der Waals surface area contributed by atoms with E-state index in [1.807, 2.05) is 92.9 Å². The molecule has 2 fully saturated rings. The molecule has 0 spiro atoms. The Morgan fingerprint density at radius 3 is 1.61 bits per heavy atom. The lowest BCUT2D eigenvalue weighted by molar-refractivity contribution is -0.126. The van der Waals surface area contributed by atoms with Crippen molar-refractivity contribution in [3.63, 3.8) is 0 Å². The highest BCUT2D eigenvalue weighted by Crippen LogP contribution is 2.18. The van der Waals surface area contributed by atoms with Crippen LogP contribution in [-0.4, -0.2) is 87.0 Å². The summed E-state index contributed by atoms with van der Waals surface area (Å²) in [6.07, 6.45) is 2.70. The van der Waals surface area contributed by atoms with Crippen molar-refractivity contribution in [2.75, 3.05) is 6.54 Å². The number of rotatable bonds is 5. The van der Waals surface area contributed by atoms with E-state index in [0.717, 1.165) is 40.3 Å². The van der Waals surface area contributed by atoms with E-state index in [2.05, 4.69) is 107 Å². The first-order chi connectivity index (χ1) is 27.5. The van der Waals surface area contributed by atoms with Crippen molar-refractivity contribution in [1.29, 1.82) is 0 Å². The lowest BCUT2D eigenvalue weighted by Gasteiger charge is -2.19. The molecule has 0 aromatic carbocycles. The SMILES string of the molecule is C=C1CCN(C(C)C)C1=O.CC.CC(C)C.CC(C)C1NC(=O)NC1=O.CC(C)c1nnnn1C.Cc1cncs1.Cc1nnc(C(C)C)o1.Cc1nnc(C(C)C)s1. The summed E-state index contributed by atoms with van der Waals surface area (Å²) in [6.45, 7) is 41.1. The third-order valence-corrected chi connectivity index (χ3v) is 8.95. The number of nitrogens with zero attached hydrogens (tertiary/aromatic N) is 10. The fourth-order valence-electron chi connectivity index (χ4n) is 4.16. The fourth-order valence-corrected chi connectivity index (χ4v) is 5.27. The summed E-state index contributed by atoms with van der Waals surface area (Å²) in [4.78, 5) is 39.5. The van der Waals surface area contributed by atoms with Gasteiger partial charge in [-0.25, -0.2) is 9.48 Å². The van der Waals surface area contributed by atoms with Crippen molar-refractivity contribution >= 4 is 40.5 Å². The summed E-state index contributed by atoms with van der Waals surface area (Å²) in [7, 11) is 1.84. The van der Waals surface area contributed by atoms with Gasteiger partial charge in [0.1, 0.15) is 16.1 Å². The highest BCUT2D eigenvalue weighted by Gasteiger charge is 2.31. The van der Waals surface area contributed by atoms with Crippen LogP contribution in [0, 0.1) is 32.6 Å². The molecular formula is C41H74N12O4S2. The second kappa shape index (κ2) is 30.6. The first-order valence-corrected chi connectivity index (χ1v) is 21.9. The largest absolute Gasteiger partial charge is 0.425 e. The van der Waals surface area contributed by atoms with E-state index >= 15 is 0 Å². The number of aromatic nitrogens is 9. The molecule has 0 aliphatic carbocycles. The second-order valence-corrected chi connectivity index (χ2v) is 17.7. The summed E-state index contributed by atoms with van der Waals surface area (Å²) < 4.78 is 6.81. The van der Waals surface area contributed by atoms with Gasteiger partial charge in [0.2, 0.25) is 17.7 Å². The van der Waals surface area contributed by atoms with Gasteiger partial charge in [-0.15, -0.1) is 48.2 Å². The van der Waals surface area contributed by atoms with Crippen LogP contribution in [0.4, 0.5) is 4.79 Å². The number of aryl methyl sites for hydroxylation is 4. The molecule has 0 radical (unpaired) electrons. The minimum Gasteiger partial charge on any atom is -0.425 e. The lowest BCUT2D eigenvalue weighted by Crippen LogP contribution is -2.33. The third kappa shape index (κ3) is 24.9. The van der Waals surface area contributed by atoms with Crippen molar-refractivity contribution < 1.29 is 18.8 Å². The van der Waals surface area contributed by atoms with Crippen LogP contribution in [0.5, 0.6) is 0 Å². The molecule has 2 aliphatic heterocycles. The molecule has 2 saturated heterocycles. The second-order valence-electron chi connectivity index (χ2n) is 15.4. The molecule has 6 heterocycles. The molecular weight excluding hydrogens is 789 g/mol. The predicted octanol–water partition coefficient (Wildman–Crippen LogP) is 8.98. The first kappa shape index (κ1) is 56.6. The van der Waals surface area contributed by atoms with Crippen LogP contribution < -0.4 is 10.6 Å². The molecule has 18 heteroatoms. The number of imide groups is 1. The Hall–Kier alpha value is -4.45. The van der Waals surface area contributed by atoms with E-state index in [-0.39, 0.29) is 29.8 Å². The Morgan fingerprint density at radius 1 is 0.831 bits per heavy atom. The van der Waals surface area contributed by atoms with Crippen LogP contribution >= 0.6 is 22.7 Å². The van der Waals surface area contributed by atoms with E-state index in [0.29, 0.717) is 35.6 Å². The molecule has 1 atom stereocenters. The van der Waals surface area contributed by atoms with E-state index in [4.69, 9.17) is 4.42 Å². The van der Waals surface area contributed by atoms with Gasteiger partial charge in [-0.3, -0.25) is 19.9 Å². The zero-order valence-corrected chi connectivity index (χ0v) is 40.9. The Bertz CT molecular complexity index is 1680. The molecule has 1 unspecified atom stereocenters. The number of hydrogen-bond donors (Lipinski definition) is 2. The topological polar surface area (TPSA) is 200 Å². The molecule has 2 aliphatic rings. The summed E-state index contributed by atoms with van der Waals surface area (Å²) in [5.74, 6) is 4.45. The van der Waals surface area contributed by atoms with Crippen LogP contribution in [0.25, 0.3) is 0 Å². The van der Waals surface area contributed by atoms with Crippen LogP contribution in [0.15, 0.2) is 28.3 Å². The highest BCUT2D eigenvalue weighted by molar-refractivity contribution is 7.11. The van der Waals surface area contributed by atoms with Crippen LogP contribution in [-0.2, 0) is 16.6 Å². The number of urea groups is 1. The zero-order chi connectivity index (χ0) is 46.0. The Kier molecular flexibility index (Phi) is 29.4. The minimum atomic E-state index is -0.385. The van der Waals surface area contributed by atoms with Gasteiger partial charge in [-0.05, 0) is 56.4 Å². The normalized spacial score (nSPS) is 14.0. The number of carbonyl (C=O) groups is 3. The van der Waals surface area contributed by atoms with Crippen LogP contribution in [0.1, 0.15) is 161 Å². The van der Waals surface area contributed by atoms with Gasteiger partial charge in [0, 0.05) is 61.0 Å². The molecule has 16 nitrogen and oxygen atoms in total. The van der Waals surface area contributed by atoms with Gasteiger partial charge in [-0.2, -0.15) is 0 Å². The van der Waals surface area contributed by atoms with Crippen LogP contribution in [0.3, 0.4) is 0 Å². The van der Waals surface area contributed by atoms with Gasteiger partial charge in [0.15, 0.2) is 5.82 Å². The summed E-state index contributed by atoms with van der Waals surface area (Å²) in [6, 6.07) is -0.400. The van der Waals surface area contributed by atoms with Crippen molar-refractivity contribution in [2.45, 2.75) is 161 Å². The predicted molar refractivity (Wildman–Crippen MR) is 239 cm³/mol. The molecule has 0 bridgehead atoms. The Balaban J connectivity index is 0. The molecule has 4 aromatic rings. The molecule has 4 amide bonds. The average molecular weight is 863 g/mol. The number of nitrogens with one attached hydrogen (secondary N) is 2. The first-order valence-electron chi connectivity index (χ1n) is 20.3. The van der Waals surface area contributed by atoms with E-state index in [1.165, 1.54) is 4.88 Å². The van der Waals surface area contributed by atoms with Gasteiger partial charge >= 0.3 is 6.03 Å². The number of tetrazole rings is 1. The number of carbonyl (C=O) groups excluding carboxylic acids is 3. The molecule has 6 rings (SSSR count). The van der Waals surface area contributed by atoms with E-state index in [9.17, 15) is 14.4 Å². The molecule has 0 saturated carbocycles. The van der Waals surface area contributed by atoms with Gasteiger partial charge in [-0.1, -0.05) is 96.6 Å². The van der Waals surface area contributed by atoms with Crippen molar-refractivity contribution in [3.8, 4) is 0 Å². The van der Waals surface area contributed by atoms with Gasteiger partial charge in [0.25, 0.3) is 5.91 Å². The van der Waals surface area contributed by atoms with Crippen molar-refractivity contribution in [1.82, 2.24) is 61.1 Å². The Labute approximate surface area is 361 Å². The maximum Gasteiger partial charge on any atom is 0.322 e. The quantitative estimate of drug-likeness (QED) is 0.143. The lowest BCUT2D eigenvalue weighted by atomic mass is 10.1. The summed E-state index contributed by atoms with van der Waals surface area (Å²) >= 11 is 3.34. The number of hydrogen-bond acceptors (Lipinski definition) is 14. The minimum absolute atomic E-state index is 0.134. The summed E-state index contributed by atoms with van der Waals surface area (Å²) in [5, 5.41) is 33.3. The van der Waals surface area contributed by atoms with Crippen molar-refractivity contribution in [3.05, 3.63) is 56.4 Å². The standard InChI is InChI=1S/C8H13NO.C6H10N2O2.C6H10N2O.C6H10N2S.C5H10N4.C4H5NS.C4H10.C2H6/c1-6(2)9-5-4-7(3)8(9)10;1-3(2)4-5(9)8-6(10)7-4;2*1-4(2)6-8-7-5(3)9-6;1-4(2)5-6-7-8-9(5)3;1-4-2-5-3-6-4;1-4(2)3;1-2/h6H,3-5H2,1-2H3;3-4H,1-2H3,(H2,7,8,9,10);3*4H,1-3H3;2-3H,1H3;4H,1-3H3;1-2H3. The maximum atomic E-state index is 11.2. The smallest absolute Gasteiger partial charge is 0.322 e. The molecule has 59 heavy (non-hydrogen) atoms. The van der Waals surface area contributed by atoms with Crippen molar-refractivity contribution in [2.24, 2.45) is 18.9 Å². The zero-order valence-electron chi connectivity index (χ0n) is 39.2. The average Bonchev–Trinajstić information content (AvgIpc) is 4.01. The molecule has 4 aromatic heterocycles. The highest BCUT2D eigenvalue weighted by atomic mass is 32.1. The molecule has 334 valence electrons. The number of likely N-dealkylation sites (tertiary alicyclic amines) is 1.